The average molecular weight is 263 g/mol. The molecule has 2 rings (SSSR count). The van der Waals surface area contributed by atoms with E-state index < -0.39 is 0 Å². The van der Waals surface area contributed by atoms with Gasteiger partial charge in [-0.15, -0.1) is 0 Å². The van der Waals surface area contributed by atoms with Crippen molar-refractivity contribution >= 4 is 5.69 Å². The van der Waals surface area contributed by atoms with Crippen molar-refractivity contribution in [2.45, 2.75) is 0 Å². The highest BCUT2D eigenvalue weighted by Gasteiger charge is 2.10. The van der Waals surface area contributed by atoms with Gasteiger partial charge in [-0.25, -0.2) is 0 Å². The molecule has 0 radical (unpaired) electrons. The second-order valence-corrected chi connectivity index (χ2v) is 4.40. The molecular formula is C16H13N3O. The maximum atomic E-state index is 9.16. The van der Waals surface area contributed by atoms with Gasteiger partial charge in [0.15, 0.2) is 0 Å². The fraction of sp³-hybridized carbons (Fsp3) is 0.125. The minimum absolute atomic E-state index is 0.255. The van der Waals surface area contributed by atoms with E-state index >= 15 is 0 Å². The Morgan fingerprint density at radius 3 is 2.40 bits per heavy atom. The summed E-state index contributed by atoms with van der Waals surface area (Å²) < 4.78 is 5.73. The molecule has 0 fully saturated rings. The Morgan fingerprint density at radius 1 is 1.00 bits per heavy atom. The van der Waals surface area contributed by atoms with Gasteiger partial charge in [0.25, 0.3) is 0 Å². The minimum Gasteiger partial charge on any atom is -0.456 e. The summed E-state index contributed by atoms with van der Waals surface area (Å²) in [5, 5.41) is 18.2. The molecule has 20 heavy (non-hydrogen) atoms. The Kier molecular flexibility index (Phi) is 3.88. The Labute approximate surface area is 118 Å². The quantitative estimate of drug-likeness (QED) is 0.852. The van der Waals surface area contributed by atoms with E-state index in [1.165, 1.54) is 0 Å². The van der Waals surface area contributed by atoms with Gasteiger partial charge in [0.1, 0.15) is 29.2 Å². The first kappa shape index (κ1) is 13.5. The van der Waals surface area contributed by atoms with Crippen molar-refractivity contribution in [3.05, 3.63) is 53.6 Å². The van der Waals surface area contributed by atoms with E-state index in [0.29, 0.717) is 17.1 Å². The first-order valence-electron chi connectivity index (χ1n) is 6.04. The van der Waals surface area contributed by atoms with Crippen molar-refractivity contribution in [2.24, 2.45) is 0 Å². The first-order valence-corrected chi connectivity index (χ1v) is 6.04. The molecule has 0 amide bonds. The van der Waals surface area contributed by atoms with Gasteiger partial charge in [-0.2, -0.15) is 10.5 Å². The zero-order chi connectivity index (χ0) is 14.5. The van der Waals surface area contributed by atoms with Crippen LogP contribution in [-0.4, -0.2) is 14.1 Å². The third-order valence-corrected chi connectivity index (χ3v) is 2.82. The maximum Gasteiger partial charge on any atom is 0.146 e. The van der Waals surface area contributed by atoms with Crippen LogP contribution in [0.3, 0.4) is 0 Å². The monoisotopic (exact) mass is 263 g/mol. The minimum atomic E-state index is 0.255. The van der Waals surface area contributed by atoms with Gasteiger partial charge < -0.3 is 9.64 Å². The number of hydrogen-bond acceptors (Lipinski definition) is 4. The number of hydrogen-bond donors (Lipinski definition) is 0. The average Bonchev–Trinajstić information content (AvgIpc) is 2.47. The molecule has 4 heteroatoms. The first-order chi connectivity index (χ1) is 9.65. The van der Waals surface area contributed by atoms with E-state index in [-0.39, 0.29) is 5.56 Å². The van der Waals surface area contributed by atoms with Crippen molar-refractivity contribution in [2.75, 3.05) is 19.0 Å². The molecule has 0 aliphatic carbocycles. The Morgan fingerprint density at radius 2 is 1.75 bits per heavy atom. The molecule has 98 valence electrons. The van der Waals surface area contributed by atoms with Crippen LogP contribution in [0.15, 0.2) is 42.5 Å². The van der Waals surface area contributed by atoms with E-state index in [1.807, 2.05) is 55.4 Å². The lowest BCUT2D eigenvalue weighted by Crippen LogP contribution is -2.08. The van der Waals surface area contributed by atoms with Gasteiger partial charge in [-0.3, -0.25) is 0 Å². The summed E-state index contributed by atoms with van der Waals surface area (Å²) in [6, 6.07) is 16.5. The summed E-state index contributed by atoms with van der Waals surface area (Å²) in [6.07, 6.45) is 0. The summed E-state index contributed by atoms with van der Waals surface area (Å²) in [4.78, 5) is 1.96. The molecule has 0 aromatic heterocycles. The third-order valence-electron chi connectivity index (χ3n) is 2.82. The van der Waals surface area contributed by atoms with Crippen LogP contribution in [0.5, 0.6) is 11.5 Å². The van der Waals surface area contributed by atoms with Gasteiger partial charge in [-0.05, 0) is 24.3 Å². The summed E-state index contributed by atoms with van der Waals surface area (Å²) in [6.45, 7) is 0. The highest BCUT2D eigenvalue weighted by atomic mass is 16.5. The molecule has 0 spiro atoms. The SMILES string of the molecule is CN(C)c1cccc(Oc2cccc(C#N)c2C#N)c1. The highest BCUT2D eigenvalue weighted by Crippen LogP contribution is 2.29. The highest BCUT2D eigenvalue weighted by molar-refractivity contribution is 5.56. The molecule has 0 aliphatic rings. The molecule has 2 aromatic carbocycles. The molecule has 0 bridgehead atoms. The number of anilines is 1. The zero-order valence-corrected chi connectivity index (χ0v) is 11.3. The van der Waals surface area contributed by atoms with Gasteiger partial charge in [-0.1, -0.05) is 12.1 Å². The van der Waals surface area contributed by atoms with Gasteiger partial charge in [0.05, 0.1) is 5.56 Å². The van der Waals surface area contributed by atoms with E-state index in [9.17, 15) is 0 Å². The van der Waals surface area contributed by atoms with Crippen LogP contribution < -0.4 is 9.64 Å². The van der Waals surface area contributed by atoms with Crippen molar-refractivity contribution in [3.63, 3.8) is 0 Å². The van der Waals surface area contributed by atoms with Crippen molar-refractivity contribution in [1.82, 2.24) is 0 Å². The van der Waals surface area contributed by atoms with Crippen molar-refractivity contribution < 1.29 is 4.74 Å². The molecule has 4 nitrogen and oxygen atoms in total. The topological polar surface area (TPSA) is 60.0 Å². The second-order valence-electron chi connectivity index (χ2n) is 4.40. The number of rotatable bonds is 3. The van der Waals surface area contributed by atoms with E-state index in [2.05, 4.69) is 0 Å². The van der Waals surface area contributed by atoms with Crippen LogP contribution in [0.1, 0.15) is 11.1 Å². The number of benzene rings is 2. The lowest BCUT2D eigenvalue weighted by molar-refractivity contribution is 0.481. The summed E-state index contributed by atoms with van der Waals surface area (Å²) in [5.74, 6) is 1.02. The van der Waals surface area contributed by atoms with Crippen LogP contribution in [-0.2, 0) is 0 Å². The Balaban J connectivity index is 2.39. The fourth-order valence-corrected chi connectivity index (χ4v) is 1.78. The maximum absolute atomic E-state index is 9.16. The molecule has 0 saturated heterocycles. The van der Waals surface area contributed by atoms with Crippen molar-refractivity contribution in [1.29, 1.82) is 10.5 Å². The zero-order valence-electron chi connectivity index (χ0n) is 11.3. The molecule has 2 aromatic rings. The molecule has 0 atom stereocenters. The van der Waals surface area contributed by atoms with Gasteiger partial charge in [0, 0.05) is 25.8 Å². The summed E-state index contributed by atoms with van der Waals surface area (Å²) in [7, 11) is 3.88. The normalized spacial score (nSPS) is 9.40. The van der Waals surface area contributed by atoms with Crippen LogP contribution in [0.2, 0.25) is 0 Å². The standard InChI is InChI=1S/C16H13N3O/c1-19(2)13-6-4-7-14(9-13)20-16-8-3-5-12(10-17)15(16)11-18/h3-9H,1-2H3. The van der Waals surface area contributed by atoms with Crippen LogP contribution >= 0.6 is 0 Å². The number of nitriles is 2. The lowest BCUT2D eigenvalue weighted by atomic mass is 10.1. The van der Waals surface area contributed by atoms with Crippen molar-refractivity contribution in [3.8, 4) is 23.6 Å². The predicted molar refractivity (Wildman–Crippen MR) is 76.7 cm³/mol. The number of ether oxygens (including phenoxy) is 1. The smallest absolute Gasteiger partial charge is 0.146 e. The molecular weight excluding hydrogens is 250 g/mol. The third kappa shape index (κ3) is 2.71. The second kappa shape index (κ2) is 5.77. The van der Waals surface area contributed by atoms with E-state index in [1.54, 1.807) is 18.2 Å². The van der Waals surface area contributed by atoms with Gasteiger partial charge >= 0.3 is 0 Å². The Hall–Kier alpha value is -2.98. The fourth-order valence-electron chi connectivity index (χ4n) is 1.78. The van der Waals surface area contributed by atoms with Gasteiger partial charge in [0.2, 0.25) is 0 Å². The van der Waals surface area contributed by atoms with Crippen LogP contribution in [0, 0.1) is 22.7 Å². The number of nitrogens with zero attached hydrogens (tertiary/aromatic N) is 3. The molecule has 0 unspecified atom stereocenters. The predicted octanol–water partition coefficient (Wildman–Crippen LogP) is 3.29. The summed E-state index contributed by atoms with van der Waals surface area (Å²) in [5.41, 5.74) is 1.57. The summed E-state index contributed by atoms with van der Waals surface area (Å²) >= 11 is 0. The lowest BCUT2D eigenvalue weighted by Gasteiger charge is -2.14. The molecule has 0 heterocycles. The van der Waals surface area contributed by atoms with Crippen LogP contribution in [0.25, 0.3) is 0 Å². The molecule has 0 aliphatic heterocycles. The Bertz CT molecular complexity index is 708. The largest absolute Gasteiger partial charge is 0.456 e. The van der Waals surface area contributed by atoms with E-state index in [0.717, 1.165) is 5.69 Å². The van der Waals surface area contributed by atoms with E-state index in [4.69, 9.17) is 15.3 Å². The molecule has 0 N–H and O–H groups in total. The molecule has 0 saturated carbocycles. The van der Waals surface area contributed by atoms with Crippen LogP contribution in [0.4, 0.5) is 5.69 Å².